The van der Waals surface area contributed by atoms with E-state index >= 15 is 0 Å². The van der Waals surface area contributed by atoms with Gasteiger partial charge in [0.15, 0.2) is 0 Å². The van der Waals surface area contributed by atoms with Crippen molar-refractivity contribution < 1.29 is 4.39 Å². The van der Waals surface area contributed by atoms with Crippen molar-refractivity contribution in [1.29, 1.82) is 0 Å². The number of nitrogens with zero attached hydrogens (tertiary/aromatic N) is 2. The van der Waals surface area contributed by atoms with Crippen molar-refractivity contribution in [2.45, 2.75) is 32.9 Å². The van der Waals surface area contributed by atoms with Gasteiger partial charge >= 0.3 is 0 Å². The quantitative estimate of drug-likeness (QED) is 0.877. The van der Waals surface area contributed by atoms with Crippen LogP contribution in [0.15, 0.2) is 24.7 Å². The Hall–Kier alpha value is -1.75. The van der Waals surface area contributed by atoms with Gasteiger partial charge < -0.3 is 5.32 Å². The summed E-state index contributed by atoms with van der Waals surface area (Å²) in [6.07, 6.45) is 4.56. The molecule has 0 amide bonds. The Kier molecular flexibility index (Phi) is 3.43. The molecule has 18 heavy (non-hydrogen) atoms. The van der Waals surface area contributed by atoms with E-state index in [9.17, 15) is 4.39 Å². The SMILES string of the molecule is CC(C)(C)NCc1cn[nH]c1-c1cncc(F)c1. The van der Waals surface area contributed by atoms with Crippen LogP contribution in [0.1, 0.15) is 26.3 Å². The van der Waals surface area contributed by atoms with Crippen LogP contribution in [0, 0.1) is 5.82 Å². The minimum absolute atomic E-state index is 0.0225. The van der Waals surface area contributed by atoms with Crippen molar-refractivity contribution in [3.05, 3.63) is 36.0 Å². The van der Waals surface area contributed by atoms with Crippen LogP contribution in [0.4, 0.5) is 4.39 Å². The first-order chi connectivity index (χ1) is 8.46. The lowest BCUT2D eigenvalue weighted by atomic mass is 10.1. The third kappa shape index (κ3) is 3.13. The average molecular weight is 248 g/mol. The maximum atomic E-state index is 13.2. The predicted molar refractivity (Wildman–Crippen MR) is 68.4 cm³/mol. The van der Waals surface area contributed by atoms with E-state index in [2.05, 4.69) is 41.3 Å². The molecule has 0 atom stereocenters. The third-order valence-corrected chi connectivity index (χ3v) is 2.52. The van der Waals surface area contributed by atoms with Crippen molar-refractivity contribution in [3.8, 4) is 11.3 Å². The molecule has 0 radical (unpaired) electrons. The first-order valence-electron chi connectivity index (χ1n) is 5.84. The lowest BCUT2D eigenvalue weighted by Gasteiger charge is -2.20. The van der Waals surface area contributed by atoms with Crippen LogP contribution >= 0.6 is 0 Å². The molecular formula is C13H17FN4. The molecule has 0 spiro atoms. The van der Waals surface area contributed by atoms with E-state index in [1.165, 1.54) is 12.3 Å². The Balaban J connectivity index is 2.23. The Morgan fingerprint density at radius 3 is 2.72 bits per heavy atom. The van der Waals surface area contributed by atoms with Gasteiger partial charge in [-0.25, -0.2) is 4.39 Å². The molecule has 0 saturated carbocycles. The van der Waals surface area contributed by atoms with E-state index in [0.717, 1.165) is 11.3 Å². The standard InChI is InChI=1S/C13H17FN4/c1-13(2,3)16-6-10-7-17-18-12(10)9-4-11(14)8-15-5-9/h4-5,7-8,16H,6H2,1-3H3,(H,17,18). The number of hydrogen-bond donors (Lipinski definition) is 2. The van der Waals surface area contributed by atoms with Crippen molar-refractivity contribution in [2.75, 3.05) is 0 Å². The van der Waals surface area contributed by atoms with Gasteiger partial charge in [-0.05, 0) is 26.8 Å². The normalized spacial score (nSPS) is 11.8. The molecule has 0 aromatic carbocycles. The number of halogens is 1. The minimum atomic E-state index is -0.350. The molecule has 2 aromatic rings. The molecule has 0 aliphatic rings. The van der Waals surface area contributed by atoms with Gasteiger partial charge in [0.1, 0.15) is 5.82 Å². The van der Waals surface area contributed by atoms with E-state index in [4.69, 9.17) is 0 Å². The average Bonchev–Trinajstić information content (AvgIpc) is 2.73. The van der Waals surface area contributed by atoms with Gasteiger partial charge in [0.25, 0.3) is 0 Å². The van der Waals surface area contributed by atoms with Crippen LogP contribution in [-0.4, -0.2) is 20.7 Å². The molecule has 0 aliphatic carbocycles. The first-order valence-corrected chi connectivity index (χ1v) is 5.84. The summed E-state index contributed by atoms with van der Waals surface area (Å²) >= 11 is 0. The minimum Gasteiger partial charge on any atom is -0.308 e. The Bertz CT molecular complexity index is 528. The highest BCUT2D eigenvalue weighted by Gasteiger charge is 2.13. The largest absolute Gasteiger partial charge is 0.308 e. The molecule has 96 valence electrons. The fourth-order valence-corrected chi connectivity index (χ4v) is 1.60. The molecular weight excluding hydrogens is 231 g/mol. The predicted octanol–water partition coefficient (Wildman–Crippen LogP) is 2.50. The Labute approximate surface area is 106 Å². The van der Waals surface area contributed by atoms with E-state index in [0.29, 0.717) is 12.1 Å². The molecule has 0 fully saturated rings. The second-order valence-electron chi connectivity index (χ2n) is 5.27. The molecule has 2 aromatic heterocycles. The van der Waals surface area contributed by atoms with Gasteiger partial charge in [0.2, 0.25) is 0 Å². The zero-order valence-electron chi connectivity index (χ0n) is 10.8. The van der Waals surface area contributed by atoms with Crippen LogP contribution in [0.25, 0.3) is 11.3 Å². The zero-order valence-corrected chi connectivity index (χ0v) is 10.8. The number of aromatic nitrogens is 3. The molecule has 4 nitrogen and oxygen atoms in total. The summed E-state index contributed by atoms with van der Waals surface area (Å²) in [5.41, 5.74) is 2.53. The summed E-state index contributed by atoms with van der Waals surface area (Å²) in [6, 6.07) is 1.45. The Morgan fingerprint density at radius 2 is 2.06 bits per heavy atom. The first kappa shape index (κ1) is 12.7. The van der Waals surface area contributed by atoms with Crippen LogP contribution < -0.4 is 5.32 Å². The number of rotatable bonds is 3. The maximum absolute atomic E-state index is 13.2. The lowest BCUT2D eigenvalue weighted by molar-refractivity contribution is 0.424. The molecule has 5 heteroatoms. The molecule has 0 saturated heterocycles. The van der Waals surface area contributed by atoms with Gasteiger partial charge in [0, 0.05) is 29.4 Å². The van der Waals surface area contributed by atoms with E-state index in [-0.39, 0.29) is 11.4 Å². The van der Waals surface area contributed by atoms with Crippen molar-refractivity contribution >= 4 is 0 Å². The zero-order chi connectivity index (χ0) is 13.2. The fraction of sp³-hybridized carbons (Fsp3) is 0.385. The molecule has 0 unspecified atom stereocenters. The number of hydrogen-bond acceptors (Lipinski definition) is 3. The summed E-state index contributed by atoms with van der Waals surface area (Å²) in [5, 5.41) is 10.3. The smallest absolute Gasteiger partial charge is 0.142 e. The molecule has 2 N–H and O–H groups in total. The number of nitrogens with one attached hydrogen (secondary N) is 2. The summed E-state index contributed by atoms with van der Waals surface area (Å²) in [6.45, 7) is 6.95. The summed E-state index contributed by atoms with van der Waals surface area (Å²) in [7, 11) is 0. The van der Waals surface area contributed by atoms with Crippen molar-refractivity contribution in [3.63, 3.8) is 0 Å². The van der Waals surface area contributed by atoms with Gasteiger partial charge in [-0.15, -0.1) is 0 Å². The third-order valence-electron chi connectivity index (χ3n) is 2.52. The van der Waals surface area contributed by atoms with Crippen molar-refractivity contribution in [1.82, 2.24) is 20.5 Å². The summed E-state index contributed by atoms with van der Waals surface area (Å²) in [5.74, 6) is -0.350. The maximum Gasteiger partial charge on any atom is 0.142 e. The second kappa shape index (κ2) is 4.86. The second-order valence-corrected chi connectivity index (χ2v) is 5.27. The monoisotopic (exact) mass is 248 g/mol. The van der Waals surface area contributed by atoms with Crippen molar-refractivity contribution in [2.24, 2.45) is 0 Å². The molecule has 0 bridgehead atoms. The molecule has 0 aliphatic heterocycles. The van der Waals surface area contributed by atoms with E-state index in [1.807, 2.05) is 0 Å². The summed E-state index contributed by atoms with van der Waals surface area (Å²) < 4.78 is 13.2. The van der Waals surface area contributed by atoms with E-state index in [1.54, 1.807) is 12.4 Å². The topological polar surface area (TPSA) is 53.6 Å². The van der Waals surface area contributed by atoms with Gasteiger partial charge in [0.05, 0.1) is 18.1 Å². The van der Waals surface area contributed by atoms with Crippen LogP contribution in [0.3, 0.4) is 0 Å². The molecule has 2 rings (SSSR count). The molecule has 2 heterocycles. The van der Waals surface area contributed by atoms with Crippen LogP contribution in [0.2, 0.25) is 0 Å². The highest BCUT2D eigenvalue weighted by atomic mass is 19.1. The summed E-state index contributed by atoms with van der Waals surface area (Å²) in [4.78, 5) is 3.85. The number of pyridine rings is 1. The number of aromatic amines is 1. The highest BCUT2D eigenvalue weighted by molar-refractivity contribution is 5.61. The highest BCUT2D eigenvalue weighted by Crippen LogP contribution is 2.21. The van der Waals surface area contributed by atoms with Gasteiger partial charge in [-0.2, -0.15) is 5.10 Å². The van der Waals surface area contributed by atoms with Gasteiger partial charge in [-0.3, -0.25) is 10.1 Å². The lowest BCUT2D eigenvalue weighted by Crippen LogP contribution is -2.35. The van der Waals surface area contributed by atoms with Crippen LogP contribution in [0.5, 0.6) is 0 Å². The fourth-order valence-electron chi connectivity index (χ4n) is 1.60. The van der Waals surface area contributed by atoms with Gasteiger partial charge in [-0.1, -0.05) is 0 Å². The van der Waals surface area contributed by atoms with Crippen LogP contribution in [-0.2, 0) is 6.54 Å². The van der Waals surface area contributed by atoms with E-state index < -0.39 is 0 Å². The number of H-pyrrole nitrogens is 1. The Morgan fingerprint density at radius 1 is 1.28 bits per heavy atom.